The van der Waals surface area contributed by atoms with Crippen LogP contribution in [0.4, 0.5) is 16.2 Å². The van der Waals surface area contributed by atoms with Crippen LogP contribution >= 0.6 is 0 Å². The van der Waals surface area contributed by atoms with E-state index in [4.69, 9.17) is 9.47 Å². The molecule has 4 aromatic carbocycles. The summed E-state index contributed by atoms with van der Waals surface area (Å²) in [6.07, 6.45) is 0.915. The summed E-state index contributed by atoms with van der Waals surface area (Å²) in [5.74, 6) is 0.283. The van der Waals surface area contributed by atoms with Gasteiger partial charge >= 0.3 is 6.09 Å². The smallest absolute Gasteiger partial charge is 0.410 e. The second-order valence-electron chi connectivity index (χ2n) is 15.9. The zero-order chi connectivity index (χ0) is 40.5. The van der Waals surface area contributed by atoms with Crippen molar-refractivity contribution in [2.24, 2.45) is 7.05 Å². The minimum Gasteiger partial charge on any atom is -0.410 e. The van der Waals surface area contributed by atoms with Crippen molar-refractivity contribution in [3.8, 4) is 17.0 Å². The second-order valence-corrected chi connectivity index (χ2v) is 15.9. The van der Waals surface area contributed by atoms with E-state index in [1.54, 1.807) is 29.0 Å². The number of morpholine rings is 1. The maximum absolute atomic E-state index is 15.4. The van der Waals surface area contributed by atoms with Crippen molar-refractivity contribution in [2.45, 2.75) is 38.9 Å². The van der Waals surface area contributed by atoms with Crippen LogP contribution in [-0.4, -0.2) is 104 Å². The van der Waals surface area contributed by atoms with Crippen molar-refractivity contribution in [1.29, 1.82) is 0 Å². The number of anilines is 2. The summed E-state index contributed by atoms with van der Waals surface area (Å²) in [7, 11) is 7.68. The molecule has 0 aliphatic carbocycles. The van der Waals surface area contributed by atoms with E-state index < -0.39 is 6.09 Å². The van der Waals surface area contributed by atoms with Crippen molar-refractivity contribution in [2.75, 3.05) is 70.3 Å². The number of hydrogen-bond donors (Lipinski definition) is 0. The topological polar surface area (TPSA) is 90.8 Å². The van der Waals surface area contributed by atoms with Gasteiger partial charge in [-0.1, -0.05) is 42.5 Å². The molecular weight excluding hydrogens is 729 g/mol. The summed E-state index contributed by atoms with van der Waals surface area (Å²) in [6.45, 7) is 6.97. The van der Waals surface area contributed by atoms with Gasteiger partial charge < -0.3 is 33.6 Å². The molecule has 300 valence electrons. The zero-order valence-corrected chi connectivity index (χ0v) is 34.1. The lowest BCUT2D eigenvalue weighted by molar-refractivity contribution is 0.0193. The maximum atomic E-state index is 15.4. The normalized spacial score (nSPS) is 16.7. The fraction of sp³-hybridized carbons (Fsp3) is 0.340. The van der Waals surface area contributed by atoms with E-state index in [1.807, 2.05) is 103 Å². The number of nitrogens with zero attached hydrogens (tertiary/aromatic N) is 6. The summed E-state index contributed by atoms with van der Waals surface area (Å²) in [6, 6.07) is 31.4. The number of aromatic nitrogens is 1. The molecular formula is C47H52N6O5. The summed E-state index contributed by atoms with van der Waals surface area (Å²) >= 11 is 0. The van der Waals surface area contributed by atoms with Gasteiger partial charge in [-0.25, -0.2) is 4.79 Å². The quantitative estimate of drug-likeness (QED) is 0.171. The molecule has 1 aromatic heterocycles. The van der Waals surface area contributed by atoms with E-state index in [1.165, 1.54) is 5.56 Å². The number of amides is 3. The maximum Gasteiger partial charge on any atom is 0.415 e. The van der Waals surface area contributed by atoms with Gasteiger partial charge in [-0.3, -0.25) is 14.5 Å². The number of benzene rings is 4. The molecule has 1 saturated heterocycles. The lowest BCUT2D eigenvalue weighted by Crippen LogP contribution is -2.52. The van der Waals surface area contributed by atoms with Crippen LogP contribution in [0.1, 0.15) is 48.7 Å². The van der Waals surface area contributed by atoms with Gasteiger partial charge in [-0.15, -0.1) is 0 Å². The SMILES string of the molecule is Cc1c(C(=O)N(C)c2ccccc2)cc(-c2cc3c(cc2C(=O)N2Cc4ccccc4C[C@H]2CN2CCOCC2)CN(C(=O)Oc2ccc(N(C)C)cc2)CC3)n1C. The van der Waals surface area contributed by atoms with Crippen molar-refractivity contribution in [1.82, 2.24) is 19.3 Å². The fourth-order valence-electron chi connectivity index (χ4n) is 8.48. The van der Waals surface area contributed by atoms with Gasteiger partial charge in [0.05, 0.1) is 18.8 Å². The lowest BCUT2D eigenvalue weighted by atomic mass is 9.89. The first-order valence-corrected chi connectivity index (χ1v) is 20.1. The Kier molecular flexibility index (Phi) is 11.1. The Labute approximate surface area is 341 Å². The molecule has 1 fully saturated rings. The summed E-state index contributed by atoms with van der Waals surface area (Å²) in [5, 5.41) is 0. The fourth-order valence-corrected chi connectivity index (χ4v) is 8.48. The van der Waals surface area contributed by atoms with Crippen LogP contribution in [0.3, 0.4) is 0 Å². The summed E-state index contributed by atoms with van der Waals surface area (Å²) in [4.78, 5) is 52.8. The van der Waals surface area contributed by atoms with Crippen molar-refractivity contribution in [3.63, 3.8) is 0 Å². The number of carbonyl (C=O) groups excluding carboxylic acids is 3. The van der Waals surface area contributed by atoms with Crippen LogP contribution in [0.2, 0.25) is 0 Å². The molecule has 0 radical (unpaired) electrons. The molecule has 58 heavy (non-hydrogen) atoms. The molecule has 3 amide bonds. The van der Waals surface area contributed by atoms with Crippen LogP contribution in [0.5, 0.6) is 5.75 Å². The third-order valence-electron chi connectivity index (χ3n) is 12.1. The largest absolute Gasteiger partial charge is 0.415 e. The van der Waals surface area contributed by atoms with Crippen LogP contribution in [0, 0.1) is 6.92 Å². The number of fused-ring (bicyclic) bond motifs is 2. The third-order valence-corrected chi connectivity index (χ3v) is 12.1. The summed E-state index contributed by atoms with van der Waals surface area (Å²) in [5.41, 5.74) is 9.69. The Morgan fingerprint density at radius 1 is 0.759 bits per heavy atom. The molecule has 4 heterocycles. The van der Waals surface area contributed by atoms with E-state index in [2.05, 4.69) is 29.2 Å². The van der Waals surface area contributed by atoms with Gasteiger partial charge in [-0.05, 0) is 96.6 Å². The molecule has 0 bridgehead atoms. The molecule has 0 spiro atoms. The average molecular weight is 781 g/mol. The molecule has 11 nitrogen and oxygen atoms in total. The molecule has 8 rings (SSSR count). The minimum atomic E-state index is -0.429. The monoisotopic (exact) mass is 780 g/mol. The predicted octanol–water partition coefficient (Wildman–Crippen LogP) is 6.80. The van der Waals surface area contributed by atoms with Crippen LogP contribution in [0.15, 0.2) is 97.1 Å². The van der Waals surface area contributed by atoms with Crippen LogP contribution in [0.25, 0.3) is 11.3 Å². The van der Waals surface area contributed by atoms with E-state index in [0.717, 1.165) is 71.1 Å². The van der Waals surface area contributed by atoms with Gasteiger partial charge in [-0.2, -0.15) is 0 Å². The molecule has 3 aliphatic rings. The highest BCUT2D eigenvalue weighted by molar-refractivity contribution is 6.08. The molecule has 3 aliphatic heterocycles. The van der Waals surface area contributed by atoms with E-state index in [0.29, 0.717) is 56.1 Å². The van der Waals surface area contributed by atoms with Gasteiger partial charge in [0.1, 0.15) is 5.75 Å². The number of ether oxygens (including phenoxy) is 2. The van der Waals surface area contributed by atoms with Crippen molar-refractivity contribution in [3.05, 3.63) is 136 Å². The van der Waals surface area contributed by atoms with Gasteiger partial charge in [0.15, 0.2) is 0 Å². The first kappa shape index (κ1) is 38.9. The Morgan fingerprint density at radius 3 is 2.19 bits per heavy atom. The van der Waals surface area contributed by atoms with Crippen molar-refractivity contribution < 1.29 is 23.9 Å². The Bertz CT molecular complexity index is 2310. The first-order chi connectivity index (χ1) is 28.0. The minimum absolute atomic E-state index is 0.0541. The highest BCUT2D eigenvalue weighted by Gasteiger charge is 2.35. The second kappa shape index (κ2) is 16.5. The predicted molar refractivity (Wildman–Crippen MR) is 227 cm³/mol. The lowest BCUT2D eigenvalue weighted by Gasteiger charge is -2.41. The third kappa shape index (κ3) is 7.84. The Balaban J connectivity index is 1.17. The highest BCUT2D eigenvalue weighted by atomic mass is 16.6. The number of carbonyl (C=O) groups is 3. The number of para-hydroxylation sites is 1. The van der Waals surface area contributed by atoms with Crippen molar-refractivity contribution >= 4 is 29.3 Å². The van der Waals surface area contributed by atoms with Gasteiger partial charge in [0.2, 0.25) is 0 Å². The van der Waals surface area contributed by atoms with E-state index in [-0.39, 0.29) is 17.9 Å². The number of hydrogen-bond acceptors (Lipinski definition) is 7. The van der Waals surface area contributed by atoms with E-state index in [9.17, 15) is 9.59 Å². The number of rotatable bonds is 8. The highest BCUT2D eigenvalue weighted by Crippen LogP contribution is 2.36. The first-order valence-electron chi connectivity index (χ1n) is 20.1. The molecule has 0 saturated carbocycles. The molecule has 11 heteroatoms. The van der Waals surface area contributed by atoms with Crippen LogP contribution in [-0.2, 0) is 37.7 Å². The Morgan fingerprint density at radius 2 is 1.47 bits per heavy atom. The summed E-state index contributed by atoms with van der Waals surface area (Å²) < 4.78 is 13.5. The zero-order valence-electron chi connectivity index (χ0n) is 34.1. The standard InChI is InChI=1S/C47H52N6O5/c1-32-41(45(54)50(5)38-13-7-6-8-14-38)28-44(49(32)4)42-26-34-19-20-52(47(56)58-40-17-15-37(16-18-40)48(2)3)29-36(34)27-43(42)46(55)53-30-35-12-10-9-11-33(35)25-39(53)31-51-21-23-57-24-22-51/h6-18,26-28,39H,19-25,29-31H2,1-5H3/t39-/m0/s1. The average Bonchev–Trinajstić information content (AvgIpc) is 3.55. The van der Waals surface area contributed by atoms with E-state index >= 15 is 4.79 Å². The molecule has 0 unspecified atom stereocenters. The molecule has 5 aromatic rings. The Hall–Kier alpha value is -5.91. The molecule has 0 N–H and O–H groups in total. The van der Waals surface area contributed by atoms with Gasteiger partial charge in [0, 0.05) is 107 Å². The van der Waals surface area contributed by atoms with Crippen LogP contribution < -0.4 is 14.5 Å². The molecule has 1 atom stereocenters. The van der Waals surface area contributed by atoms with Gasteiger partial charge in [0.25, 0.3) is 11.8 Å².